The van der Waals surface area contributed by atoms with Gasteiger partial charge in [0.25, 0.3) is 0 Å². The Hall–Kier alpha value is -0.570. The summed E-state index contributed by atoms with van der Waals surface area (Å²) >= 11 is 5.37. The fourth-order valence-electron chi connectivity index (χ4n) is 0.725. The van der Waals surface area contributed by atoms with Crippen LogP contribution in [-0.2, 0) is 14.3 Å². The van der Waals surface area contributed by atoms with Gasteiger partial charge in [-0.25, -0.2) is 0 Å². The molecule has 0 aromatic carbocycles. The van der Waals surface area contributed by atoms with Crippen LogP contribution in [0.5, 0.6) is 0 Å². The minimum Gasteiger partial charge on any atom is -0.466 e. The molecule has 0 heterocycles. The smallest absolute Gasteiger partial charge is 0.313 e. The normalized spacial score (nSPS) is 9.50. The Morgan fingerprint density at radius 2 is 2.08 bits per heavy atom. The molecular weight excluding hydrogens is 180 g/mol. The van der Waals surface area contributed by atoms with E-state index in [9.17, 15) is 9.59 Å². The molecule has 0 aliphatic heterocycles. The summed E-state index contributed by atoms with van der Waals surface area (Å²) in [6.45, 7) is 2.03. The third kappa shape index (κ3) is 6.16. The van der Waals surface area contributed by atoms with Gasteiger partial charge in [0.1, 0.15) is 12.2 Å². The van der Waals surface area contributed by atoms with Crippen LogP contribution in [0.25, 0.3) is 0 Å². The van der Waals surface area contributed by atoms with Crippen molar-refractivity contribution < 1.29 is 14.3 Å². The van der Waals surface area contributed by atoms with E-state index in [4.69, 9.17) is 11.6 Å². The standard InChI is InChI=1S/C8H13ClO3/c1-2-12-8(11)6-7(10)4-3-5-9/h2-6H2,1H3. The highest BCUT2D eigenvalue weighted by molar-refractivity contribution is 6.18. The van der Waals surface area contributed by atoms with Gasteiger partial charge >= 0.3 is 5.97 Å². The molecule has 0 amide bonds. The molecule has 70 valence electrons. The van der Waals surface area contributed by atoms with E-state index in [2.05, 4.69) is 4.74 Å². The molecule has 4 heteroatoms. The lowest BCUT2D eigenvalue weighted by molar-refractivity contribution is -0.145. The lowest BCUT2D eigenvalue weighted by Gasteiger charge is -1.99. The number of rotatable bonds is 6. The molecular formula is C8H13ClO3. The zero-order chi connectivity index (χ0) is 9.40. The van der Waals surface area contributed by atoms with Crippen molar-refractivity contribution in [2.45, 2.75) is 26.2 Å². The van der Waals surface area contributed by atoms with Crippen molar-refractivity contribution in [1.82, 2.24) is 0 Å². The van der Waals surface area contributed by atoms with Crippen molar-refractivity contribution in [3.63, 3.8) is 0 Å². The maximum absolute atomic E-state index is 10.9. The molecule has 0 fully saturated rings. The highest BCUT2D eigenvalue weighted by atomic mass is 35.5. The summed E-state index contributed by atoms with van der Waals surface area (Å²) in [5.41, 5.74) is 0. The van der Waals surface area contributed by atoms with Gasteiger partial charge in [0.15, 0.2) is 0 Å². The summed E-state index contributed by atoms with van der Waals surface area (Å²) in [6.07, 6.45) is 0.868. The molecule has 0 atom stereocenters. The number of carbonyl (C=O) groups is 2. The minimum atomic E-state index is -0.447. The van der Waals surface area contributed by atoms with Gasteiger partial charge < -0.3 is 4.74 Å². The average Bonchev–Trinajstić information content (AvgIpc) is 2.01. The van der Waals surface area contributed by atoms with Gasteiger partial charge in [-0.05, 0) is 13.3 Å². The van der Waals surface area contributed by atoms with Crippen molar-refractivity contribution >= 4 is 23.4 Å². The molecule has 0 saturated heterocycles. The van der Waals surface area contributed by atoms with E-state index in [1.807, 2.05) is 0 Å². The summed E-state index contributed by atoms with van der Waals surface area (Å²) < 4.78 is 4.60. The highest BCUT2D eigenvalue weighted by Gasteiger charge is 2.08. The number of halogens is 1. The van der Waals surface area contributed by atoms with E-state index < -0.39 is 5.97 Å². The van der Waals surface area contributed by atoms with Crippen molar-refractivity contribution in [2.75, 3.05) is 12.5 Å². The fourth-order valence-corrected chi connectivity index (χ4v) is 0.859. The Morgan fingerprint density at radius 3 is 2.58 bits per heavy atom. The average molecular weight is 193 g/mol. The monoisotopic (exact) mass is 192 g/mol. The third-order valence-corrected chi connectivity index (χ3v) is 1.50. The second kappa shape index (κ2) is 7.10. The molecule has 0 aliphatic rings. The first-order chi connectivity index (χ1) is 5.70. The van der Waals surface area contributed by atoms with Crippen LogP contribution in [0.3, 0.4) is 0 Å². The van der Waals surface area contributed by atoms with Crippen LogP contribution in [0.15, 0.2) is 0 Å². The number of hydrogen-bond acceptors (Lipinski definition) is 3. The Bertz CT molecular complexity index is 156. The first-order valence-electron chi connectivity index (χ1n) is 3.94. The number of Topliss-reactive ketones (excluding diaryl/α,β-unsaturated/α-hetero) is 1. The zero-order valence-electron chi connectivity index (χ0n) is 7.14. The van der Waals surface area contributed by atoms with Crippen LogP contribution in [0.4, 0.5) is 0 Å². The Labute approximate surface area is 77.0 Å². The first kappa shape index (κ1) is 11.4. The van der Waals surface area contributed by atoms with Gasteiger partial charge in [-0.2, -0.15) is 0 Å². The van der Waals surface area contributed by atoms with Crippen LogP contribution in [0.1, 0.15) is 26.2 Å². The van der Waals surface area contributed by atoms with Crippen LogP contribution >= 0.6 is 11.6 Å². The van der Waals surface area contributed by atoms with Gasteiger partial charge in [-0.1, -0.05) is 0 Å². The van der Waals surface area contributed by atoms with E-state index in [0.717, 1.165) is 0 Å². The highest BCUT2D eigenvalue weighted by Crippen LogP contribution is 1.98. The van der Waals surface area contributed by atoms with E-state index in [0.29, 0.717) is 25.3 Å². The maximum atomic E-state index is 10.9. The van der Waals surface area contributed by atoms with E-state index in [1.165, 1.54) is 0 Å². The zero-order valence-corrected chi connectivity index (χ0v) is 7.89. The lowest BCUT2D eigenvalue weighted by atomic mass is 10.2. The third-order valence-electron chi connectivity index (χ3n) is 1.24. The summed E-state index contributed by atoms with van der Waals surface area (Å²) in [7, 11) is 0. The van der Waals surface area contributed by atoms with Crippen LogP contribution < -0.4 is 0 Å². The van der Waals surface area contributed by atoms with Gasteiger partial charge in [0.05, 0.1) is 6.61 Å². The number of esters is 1. The first-order valence-corrected chi connectivity index (χ1v) is 4.47. The number of hydrogen-bond donors (Lipinski definition) is 0. The molecule has 0 spiro atoms. The maximum Gasteiger partial charge on any atom is 0.313 e. The SMILES string of the molecule is CCOC(=O)CC(=O)CCCCl. The number of carbonyl (C=O) groups excluding carboxylic acids is 2. The Kier molecular flexibility index (Phi) is 6.76. The van der Waals surface area contributed by atoms with Crippen LogP contribution in [0.2, 0.25) is 0 Å². The van der Waals surface area contributed by atoms with E-state index in [-0.39, 0.29) is 12.2 Å². The summed E-state index contributed by atoms with van der Waals surface area (Å²) in [5.74, 6) is -0.0969. The Morgan fingerprint density at radius 1 is 1.42 bits per heavy atom. The molecule has 0 aromatic rings. The molecule has 0 bridgehead atoms. The largest absolute Gasteiger partial charge is 0.466 e. The molecule has 0 rings (SSSR count). The molecule has 12 heavy (non-hydrogen) atoms. The second-order valence-corrected chi connectivity index (χ2v) is 2.69. The molecule has 0 aliphatic carbocycles. The van der Waals surface area contributed by atoms with E-state index >= 15 is 0 Å². The predicted octanol–water partition coefficient (Wildman–Crippen LogP) is 1.53. The topological polar surface area (TPSA) is 43.4 Å². The van der Waals surface area contributed by atoms with Crippen molar-refractivity contribution in [3.8, 4) is 0 Å². The van der Waals surface area contributed by atoms with Crippen molar-refractivity contribution in [2.24, 2.45) is 0 Å². The molecule has 0 saturated carbocycles. The van der Waals surface area contributed by atoms with Crippen LogP contribution in [0, 0.1) is 0 Å². The number of ketones is 1. The van der Waals surface area contributed by atoms with Crippen molar-refractivity contribution in [1.29, 1.82) is 0 Å². The predicted molar refractivity (Wildman–Crippen MR) is 46.2 cm³/mol. The van der Waals surface area contributed by atoms with Gasteiger partial charge in [0, 0.05) is 12.3 Å². The van der Waals surface area contributed by atoms with Gasteiger partial charge in [-0.15, -0.1) is 11.6 Å². The number of alkyl halides is 1. The van der Waals surface area contributed by atoms with Gasteiger partial charge in [-0.3, -0.25) is 9.59 Å². The molecule has 3 nitrogen and oxygen atoms in total. The van der Waals surface area contributed by atoms with E-state index in [1.54, 1.807) is 6.92 Å². The summed E-state index contributed by atoms with van der Waals surface area (Å²) in [4.78, 5) is 21.7. The number of ether oxygens (including phenoxy) is 1. The minimum absolute atomic E-state index is 0.103. The molecule has 0 N–H and O–H groups in total. The summed E-state index contributed by atoms with van der Waals surface area (Å²) in [5, 5.41) is 0. The molecule has 0 aromatic heterocycles. The van der Waals surface area contributed by atoms with Crippen LogP contribution in [-0.4, -0.2) is 24.2 Å². The van der Waals surface area contributed by atoms with Gasteiger partial charge in [0.2, 0.25) is 0 Å². The fraction of sp³-hybridized carbons (Fsp3) is 0.750. The molecule has 0 unspecified atom stereocenters. The molecule has 0 radical (unpaired) electrons. The van der Waals surface area contributed by atoms with Crippen molar-refractivity contribution in [3.05, 3.63) is 0 Å². The lowest BCUT2D eigenvalue weighted by Crippen LogP contribution is -2.10. The second-order valence-electron chi connectivity index (χ2n) is 2.31. The summed E-state index contributed by atoms with van der Waals surface area (Å²) in [6, 6.07) is 0. The quantitative estimate of drug-likeness (QED) is 0.364. The Balaban J connectivity index is 3.47.